The molecule has 1 fully saturated rings. The zero-order chi connectivity index (χ0) is 23.5. The fourth-order valence-electron chi connectivity index (χ4n) is 4.81. The minimum absolute atomic E-state index is 0.0138. The van der Waals surface area contributed by atoms with E-state index in [1.54, 1.807) is 7.11 Å². The molecule has 6 heteroatoms. The number of ether oxygens (including phenoxy) is 2. The SMILES string of the molecule is COc1ccccc1CN(CC1CCCO1)C(=O)Cn1c2ccccc2c(=O)c2ccccc21. The molecule has 2 heterocycles. The number of rotatable bonds is 7. The Labute approximate surface area is 198 Å². The highest BCUT2D eigenvalue weighted by Crippen LogP contribution is 2.23. The van der Waals surface area contributed by atoms with Crippen LogP contribution in [0.15, 0.2) is 77.6 Å². The standard InChI is InChI=1S/C28H28N2O4/c1-33-26-15-7-2-9-20(26)17-29(18-21-10-8-16-34-21)27(31)19-30-24-13-5-3-11-22(24)28(32)23-12-4-6-14-25(23)30/h2-7,9,11-15,21H,8,10,16-19H2,1H3. The van der Waals surface area contributed by atoms with Gasteiger partial charge < -0.3 is 18.9 Å². The first-order valence-electron chi connectivity index (χ1n) is 11.7. The van der Waals surface area contributed by atoms with Gasteiger partial charge in [-0.3, -0.25) is 9.59 Å². The number of pyridine rings is 1. The van der Waals surface area contributed by atoms with Gasteiger partial charge in [0.1, 0.15) is 12.3 Å². The number of carbonyl (C=O) groups is 1. The molecule has 3 aromatic carbocycles. The number of aromatic nitrogens is 1. The van der Waals surface area contributed by atoms with Crippen LogP contribution in [0.1, 0.15) is 18.4 Å². The summed E-state index contributed by atoms with van der Waals surface area (Å²) in [6.45, 7) is 1.81. The zero-order valence-corrected chi connectivity index (χ0v) is 19.3. The van der Waals surface area contributed by atoms with E-state index in [0.717, 1.165) is 41.8 Å². The van der Waals surface area contributed by atoms with Crippen molar-refractivity contribution in [2.45, 2.75) is 32.0 Å². The molecule has 0 bridgehead atoms. The van der Waals surface area contributed by atoms with Crippen LogP contribution in [0.2, 0.25) is 0 Å². The lowest BCUT2D eigenvalue weighted by molar-refractivity contribution is -0.134. The van der Waals surface area contributed by atoms with Crippen LogP contribution in [0.5, 0.6) is 5.75 Å². The fraction of sp³-hybridized carbons (Fsp3) is 0.286. The van der Waals surface area contributed by atoms with Gasteiger partial charge in [0.2, 0.25) is 5.91 Å². The van der Waals surface area contributed by atoms with Crippen molar-refractivity contribution < 1.29 is 14.3 Å². The van der Waals surface area contributed by atoms with Gasteiger partial charge in [-0.05, 0) is 43.2 Å². The molecule has 1 saturated heterocycles. The third-order valence-electron chi connectivity index (χ3n) is 6.53. The summed E-state index contributed by atoms with van der Waals surface area (Å²) in [4.78, 5) is 28.7. The molecule has 6 nitrogen and oxygen atoms in total. The first-order chi connectivity index (χ1) is 16.7. The molecule has 1 amide bonds. The second kappa shape index (κ2) is 9.69. The van der Waals surface area contributed by atoms with Crippen molar-refractivity contribution in [2.24, 2.45) is 0 Å². The minimum atomic E-state index is -0.0274. The van der Waals surface area contributed by atoms with Crippen LogP contribution in [0.4, 0.5) is 0 Å². The Bertz CT molecular complexity index is 1330. The van der Waals surface area contributed by atoms with Crippen molar-refractivity contribution in [2.75, 3.05) is 20.3 Å². The molecular weight excluding hydrogens is 428 g/mol. The Balaban J connectivity index is 1.54. The van der Waals surface area contributed by atoms with E-state index < -0.39 is 0 Å². The molecule has 174 valence electrons. The highest BCUT2D eigenvalue weighted by atomic mass is 16.5. The van der Waals surface area contributed by atoms with Gasteiger partial charge in [0.05, 0.1) is 24.2 Å². The second-order valence-electron chi connectivity index (χ2n) is 8.67. The molecule has 1 aliphatic rings. The highest BCUT2D eigenvalue weighted by Gasteiger charge is 2.24. The monoisotopic (exact) mass is 456 g/mol. The van der Waals surface area contributed by atoms with Crippen LogP contribution >= 0.6 is 0 Å². The number of methoxy groups -OCH3 is 1. The predicted octanol–water partition coefficient (Wildman–Crippen LogP) is 4.37. The van der Waals surface area contributed by atoms with Crippen LogP contribution in [-0.4, -0.2) is 41.7 Å². The number of nitrogens with zero attached hydrogens (tertiary/aromatic N) is 2. The molecule has 5 rings (SSSR count). The van der Waals surface area contributed by atoms with Gasteiger partial charge in [-0.15, -0.1) is 0 Å². The first kappa shape index (κ1) is 22.2. The van der Waals surface area contributed by atoms with E-state index in [1.807, 2.05) is 82.3 Å². The fourth-order valence-corrected chi connectivity index (χ4v) is 4.81. The summed E-state index contributed by atoms with van der Waals surface area (Å²) < 4.78 is 13.4. The number of amides is 1. The topological polar surface area (TPSA) is 60.8 Å². The van der Waals surface area contributed by atoms with E-state index >= 15 is 0 Å². The van der Waals surface area contributed by atoms with Crippen molar-refractivity contribution >= 4 is 27.7 Å². The van der Waals surface area contributed by atoms with Crippen LogP contribution < -0.4 is 10.2 Å². The molecule has 1 aromatic heterocycles. The molecule has 1 unspecified atom stereocenters. The number of fused-ring (bicyclic) bond motifs is 2. The predicted molar refractivity (Wildman–Crippen MR) is 133 cm³/mol. The lowest BCUT2D eigenvalue weighted by Crippen LogP contribution is -2.39. The van der Waals surface area contributed by atoms with Crippen molar-refractivity contribution in [3.05, 3.63) is 88.6 Å². The Morgan fingerprint density at radius 2 is 1.65 bits per heavy atom. The van der Waals surface area contributed by atoms with Crippen molar-refractivity contribution in [1.29, 1.82) is 0 Å². The Morgan fingerprint density at radius 1 is 1.00 bits per heavy atom. The smallest absolute Gasteiger partial charge is 0.242 e. The molecule has 1 aliphatic heterocycles. The highest BCUT2D eigenvalue weighted by molar-refractivity contribution is 5.94. The molecule has 0 aliphatic carbocycles. The number of hydrogen-bond acceptors (Lipinski definition) is 4. The Hall–Kier alpha value is -3.64. The quantitative estimate of drug-likeness (QED) is 0.388. The number of para-hydroxylation sites is 3. The Kier molecular flexibility index (Phi) is 6.32. The van der Waals surface area contributed by atoms with Crippen LogP contribution in [0, 0.1) is 0 Å². The zero-order valence-electron chi connectivity index (χ0n) is 19.3. The summed E-state index contributed by atoms with van der Waals surface area (Å²) >= 11 is 0. The Morgan fingerprint density at radius 3 is 2.29 bits per heavy atom. The number of carbonyl (C=O) groups excluding carboxylic acids is 1. The molecule has 1 atom stereocenters. The average molecular weight is 457 g/mol. The van der Waals surface area contributed by atoms with Crippen molar-refractivity contribution in [3.8, 4) is 5.75 Å². The lowest BCUT2D eigenvalue weighted by Gasteiger charge is -2.27. The van der Waals surface area contributed by atoms with E-state index in [2.05, 4.69) is 0 Å². The summed E-state index contributed by atoms with van der Waals surface area (Å²) in [6.07, 6.45) is 1.98. The van der Waals surface area contributed by atoms with Gasteiger partial charge in [0, 0.05) is 36.0 Å². The van der Waals surface area contributed by atoms with Crippen LogP contribution in [-0.2, 0) is 22.6 Å². The summed E-state index contributed by atoms with van der Waals surface area (Å²) in [5.74, 6) is 0.729. The van der Waals surface area contributed by atoms with Crippen molar-refractivity contribution in [3.63, 3.8) is 0 Å². The van der Waals surface area contributed by atoms with E-state index in [-0.39, 0.29) is 24.0 Å². The summed E-state index contributed by atoms with van der Waals surface area (Å²) in [7, 11) is 1.64. The van der Waals surface area contributed by atoms with E-state index in [0.29, 0.717) is 23.9 Å². The average Bonchev–Trinajstić information content (AvgIpc) is 3.39. The molecule has 0 saturated carbocycles. The molecule has 34 heavy (non-hydrogen) atoms. The molecule has 0 N–H and O–H groups in total. The molecule has 0 radical (unpaired) electrons. The molecule has 0 spiro atoms. The maximum absolute atomic E-state index is 13.8. The van der Waals surface area contributed by atoms with Gasteiger partial charge in [0.15, 0.2) is 5.43 Å². The van der Waals surface area contributed by atoms with Gasteiger partial charge >= 0.3 is 0 Å². The van der Waals surface area contributed by atoms with E-state index in [9.17, 15) is 9.59 Å². The third-order valence-corrected chi connectivity index (χ3v) is 6.53. The molecular formula is C28H28N2O4. The number of benzene rings is 3. The summed E-state index contributed by atoms with van der Waals surface area (Å²) in [6, 6.07) is 22.7. The van der Waals surface area contributed by atoms with E-state index in [4.69, 9.17) is 9.47 Å². The second-order valence-corrected chi connectivity index (χ2v) is 8.67. The maximum atomic E-state index is 13.8. The third kappa shape index (κ3) is 4.29. The van der Waals surface area contributed by atoms with Gasteiger partial charge in [-0.25, -0.2) is 0 Å². The first-order valence-corrected chi connectivity index (χ1v) is 11.7. The summed E-state index contributed by atoms with van der Waals surface area (Å²) in [5, 5.41) is 1.23. The van der Waals surface area contributed by atoms with Crippen molar-refractivity contribution in [1.82, 2.24) is 9.47 Å². The number of hydrogen-bond donors (Lipinski definition) is 0. The minimum Gasteiger partial charge on any atom is -0.496 e. The van der Waals surface area contributed by atoms with Crippen LogP contribution in [0.3, 0.4) is 0 Å². The normalized spacial score (nSPS) is 15.6. The van der Waals surface area contributed by atoms with Crippen LogP contribution in [0.25, 0.3) is 21.8 Å². The van der Waals surface area contributed by atoms with Gasteiger partial charge in [0.25, 0.3) is 0 Å². The van der Waals surface area contributed by atoms with E-state index in [1.165, 1.54) is 0 Å². The van der Waals surface area contributed by atoms with Gasteiger partial charge in [-0.1, -0.05) is 42.5 Å². The summed E-state index contributed by atoms with van der Waals surface area (Å²) in [5.41, 5.74) is 2.45. The lowest BCUT2D eigenvalue weighted by atomic mass is 10.1. The maximum Gasteiger partial charge on any atom is 0.242 e. The van der Waals surface area contributed by atoms with Gasteiger partial charge in [-0.2, -0.15) is 0 Å². The largest absolute Gasteiger partial charge is 0.496 e. The molecule has 4 aromatic rings.